The summed E-state index contributed by atoms with van der Waals surface area (Å²) < 4.78 is 1.90. The van der Waals surface area contributed by atoms with Gasteiger partial charge in [-0.3, -0.25) is 4.79 Å². The molecule has 116 valence electrons. The van der Waals surface area contributed by atoms with E-state index in [1.54, 1.807) is 6.20 Å². The first-order valence-corrected chi connectivity index (χ1v) is 7.25. The third-order valence-corrected chi connectivity index (χ3v) is 4.16. The number of hydrogen-bond acceptors (Lipinski definition) is 3. The summed E-state index contributed by atoms with van der Waals surface area (Å²) >= 11 is 0. The van der Waals surface area contributed by atoms with Crippen LogP contribution in [0.4, 0.5) is 4.79 Å². The number of carboxylic acids is 1. The molecule has 2 rings (SSSR count). The van der Waals surface area contributed by atoms with Gasteiger partial charge in [0.15, 0.2) is 0 Å². The summed E-state index contributed by atoms with van der Waals surface area (Å²) in [5.41, 5.74) is -0.781. The van der Waals surface area contributed by atoms with Crippen molar-refractivity contribution in [3.8, 4) is 0 Å². The normalized spacial score (nSPS) is 16.6. The largest absolute Gasteiger partial charge is 0.481 e. The van der Waals surface area contributed by atoms with Crippen LogP contribution in [0.3, 0.4) is 0 Å². The molecule has 2 amide bonds. The SMILES string of the molecule is Cn1ccnc1CCNC(=O)NCC1(C(=O)O)CCCC1. The van der Waals surface area contributed by atoms with Gasteiger partial charge >= 0.3 is 12.0 Å². The second kappa shape index (κ2) is 6.60. The third-order valence-electron chi connectivity index (χ3n) is 4.16. The lowest BCUT2D eigenvalue weighted by Gasteiger charge is -2.24. The molecule has 1 aliphatic rings. The van der Waals surface area contributed by atoms with Gasteiger partial charge in [-0.05, 0) is 12.8 Å². The monoisotopic (exact) mass is 294 g/mol. The quantitative estimate of drug-likeness (QED) is 0.726. The summed E-state index contributed by atoms with van der Waals surface area (Å²) in [6, 6.07) is -0.322. The second-order valence-electron chi connectivity index (χ2n) is 5.61. The van der Waals surface area contributed by atoms with Crippen LogP contribution in [0.1, 0.15) is 31.5 Å². The maximum Gasteiger partial charge on any atom is 0.314 e. The van der Waals surface area contributed by atoms with E-state index in [1.165, 1.54) is 0 Å². The van der Waals surface area contributed by atoms with Crippen LogP contribution >= 0.6 is 0 Å². The van der Waals surface area contributed by atoms with Gasteiger partial charge in [0.05, 0.1) is 5.41 Å². The van der Waals surface area contributed by atoms with E-state index in [0.29, 0.717) is 25.8 Å². The molecule has 0 aromatic carbocycles. The average Bonchev–Trinajstić information content (AvgIpc) is 3.07. The first-order chi connectivity index (χ1) is 10.0. The van der Waals surface area contributed by atoms with Gasteiger partial charge in [-0.2, -0.15) is 0 Å². The molecule has 7 nitrogen and oxygen atoms in total. The predicted molar refractivity (Wildman–Crippen MR) is 76.9 cm³/mol. The van der Waals surface area contributed by atoms with Crippen molar-refractivity contribution in [2.75, 3.05) is 13.1 Å². The first kappa shape index (κ1) is 15.3. The highest BCUT2D eigenvalue weighted by molar-refractivity contribution is 5.78. The van der Waals surface area contributed by atoms with Gasteiger partial charge in [0, 0.05) is 39.0 Å². The van der Waals surface area contributed by atoms with Crippen LogP contribution in [0.5, 0.6) is 0 Å². The van der Waals surface area contributed by atoms with Crippen molar-refractivity contribution in [1.82, 2.24) is 20.2 Å². The Balaban J connectivity index is 1.72. The van der Waals surface area contributed by atoms with E-state index in [-0.39, 0.29) is 12.6 Å². The van der Waals surface area contributed by atoms with Crippen molar-refractivity contribution >= 4 is 12.0 Å². The fraction of sp³-hybridized carbons (Fsp3) is 0.643. The van der Waals surface area contributed by atoms with Crippen LogP contribution in [0.2, 0.25) is 0 Å². The fourth-order valence-corrected chi connectivity index (χ4v) is 2.76. The van der Waals surface area contributed by atoms with Crippen molar-refractivity contribution in [3.63, 3.8) is 0 Å². The minimum atomic E-state index is -0.812. The van der Waals surface area contributed by atoms with E-state index in [9.17, 15) is 14.7 Å². The molecule has 3 N–H and O–H groups in total. The summed E-state index contributed by atoms with van der Waals surface area (Å²) in [7, 11) is 1.90. The molecular weight excluding hydrogens is 272 g/mol. The number of aliphatic carboxylic acids is 1. The Hall–Kier alpha value is -2.05. The lowest BCUT2D eigenvalue weighted by molar-refractivity contribution is -0.148. The highest BCUT2D eigenvalue weighted by Crippen LogP contribution is 2.37. The summed E-state index contributed by atoms with van der Waals surface area (Å²) in [4.78, 5) is 27.3. The van der Waals surface area contributed by atoms with Gasteiger partial charge in [0.2, 0.25) is 0 Å². The first-order valence-electron chi connectivity index (χ1n) is 7.25. The molecule has 0 spiro atoms. The number of aromatic nitrogens is 2. The van der Waals surface area contributed by atoms with Gasteiger partial charge in [0.25, 0.3) is 0 Å². The minimum absolute atomic E-state index is 0.191. The van der Waals surface area contributed by atoms with E-state index in [0.717, 1.165) is 18.7 Å². The van der Waals surface area contributed by atoms with Crippen molar-refractivity contribution in [2.24, 2.45) is 12.5 Å². The van der Waals surface area contributed by atoms with Crippen molar-refractivity contribution < 1.29 is 14.7 Å². The molecule has 0 bridgehead atoms. The van der Waals surface area contributed by atoms with Gasteiger partial charge < -0.3 is 20.3 Å². The Labute approximate surface area is 123 Å². The number of nitrogens with one attached hydrogen (secondary N) is 2. The number of amides is 2. The maximum atomic E-state index is 11.7. The minimum Gasteiger partial charge on any atom is -0.481 e. The van der Waals surface area contributed by atoms with Crippen LogP contribution < -0.4 is 10.6 Å². The number of urea groups is 1. The lowest BCUT2D eigenvalue weighted by Crippen LogP contribution is -2.45. The molecular formula is C14H22N4O3. The highest BCUT2D eigenvalue weighted by atomic mass is 16.4. The lowest BCUT2D eigenvalue weighted by atomic mass is 9.86. The van der Waals surface area contributed by atoms with E-state index < -0.39 is 11.4 Å². The van der Waals surface area contributed by atoms with E-state index in [1.807, 2.05) is 17.8 Å². The van der Waals surface area contributed by atoms with Gasteiger partial charge in [-0.25, -0.2) is 9.78 Å². The topological polar surface area (TPSA) is 96.3 Å². The highest BCUT2D eigenvalue weighted by Gasteiger charge is 2.41. The third kappa shape index (κ3) is 3.74. The number of hydrogen-bond donors (Lipinski definition) is 3. The van der Waals surface area contributed by atoms with Crippen LogP contribution in [0.25, 0.3) is 0 Å². The Morgan fingerprint density at radius 3 is 2.67 bits per heavy atom. The number of aryl methyl sites for hydroxylation is 1. The van der Waals surface area contributed by atoms with Gasteiger partial charge in [-0.1, -0.05) is 12.8 Å². The average molecular weight is 294 g/mol. The van der Waals surface area contributed by atoms with E-state index in [2.05, 4.69) is 15.6 Å². The molecule has 1 saturated carbocycles. The number of rotatable bonds is 6. The summed E-state index contributed by atoms with van der Waals surface area (Å²) in [5.74, 6) is 0.0846. The number of carbonyl (C=O) groups excluding carboxylic acids is 1. The van der Waals surface area contributed by atoms with Crippen molar-refractivity contribution in [3.05, 3.63) is 18.2 Å². The molecule has 1 aromatic heterocycles. The molecule has 1 fully saturated rings. The molecule has 1 heterocycles. The molecule has 7 heteroatoms. The molecule has 0 unspecified atom stereocenters. The summed E-state index contributed by atoms with van der Waals surface area (Å²) in [5, 5.41) is 14.7. The molecule has 0 atom stereocenters. The molecule has 1 aromatic rings. The van der Waals surface area contributed by atoms with Crippen molar-refractivity contribution in [1.29, 1.82) is 0 Å². The molecule has 0 saturated heterocycles. The van der Waals surface area contributed by atoms with Crippen LogP contribution in [0.15, 0.2) is 12.4 Å². The molecule has 1 aliphatic carbocycles. The predicted octanol–water partition coefficient (Wildman–Crippen LogP) is 0.907. The Morgan fingerprint density at radius 2 is 2.10 bits per heavy atom. The maximum absolute atomic E-state index is 11.7. The summed E-state index contributed by atoms with van der Waals surface area (Å²) in [6.45, 7) is 0.660. The summed E-state index contributed by atoms with van der Waals surface area (Å²) in [6.07, 6.45) is 7.30. The van der Waals surface area contributed by atoms with Crippen molar-refractivity contribution in [2.45, 2.75) is 32.1 Å². The number of imidazole rings is 1. The number of nitrogens with zero attached hydrogens (tertiary/aromatic N) is 2. The zero-order valence-corrected chi connectivity index (χ0v) is 12.3. The fourth-order valence-electron chi connectivity index (χ4n) is 2.76. The Kier molecular flexibility index (Phi) is 4.82. The zero-order valence-electron chi connectivity index (χ0n) is 12.3. The second-order valence-corrected chi connectivity index (χ2v) is 5.61. The molecule has 0 aliphatic heterocycles. The Bertz CT molecular complexity index is 506. The van der Waals surface area contributed by atoms with E-state index >= 15 is 0 Å². The molecule has 0 radical (unpaired) electrons. The smallest absolute Gasteiger partial charge is 0.314 e. The number of carboxylic acid groups (broad SMARTS) is 1. The van der Waals surface area contributed by atoms with Gasteiger partial charge in [-0.15, -0.1) is 0 Å². The van der Waals surface area contributed by atoms with Gasteiger partial charge in [0.1, 0.15) is 5.82 Å². The van der Waals surface area contributed by atoms with Crippen LogP contribution in [-0.2, 0) is 18.3 Å². The van der Waals surface area contributed by atoms with Crippen LogP contribution in [0, 0.1) is 5.41 Å². The van der Waals surface area contributed by atoms with Crippen LogP contribution in [-0.4, -0.2) is 39.7 Å². The standard InChI is InChI=1S/C14H22N4O3/c1-18-9-8-15-11(18)4-7-16-13(21)17-10-14(12(19)20)5-2-3-6-14/h8-9H,2-7,10H2,1H3,(H,19,20)(H2,16,17,21). The zero-order chi connectivity index (χ0) is 15.3. The van der Waals surface area contributed by atoms with E-state index in [4.69, 9.17) is 0 Å². The molecule has 21 heavy (non-hydrogen) atoms. The Morgan fingerprint density at radius 1 is 1.38 bits per heavy atom. The number of carbonyl (C=O) groups is 2.